The lowest BCUT2D eigenvalue weighted by Gasteiger charge is -2.18. The van der Waals surface area contributed by atoms with E-state index in [1.807, 2.05) is 16.7 Å². The molecule has 0 radical (unpaired) electrons. The fourth-order valence-corrected chi connectivity index (χ4v) is 3.22. The van der Waals surface area contributed by atoms with Crippen molar-refractivity contribution in [1.82, 2.24) is 4.57 Å². The molecule has 2 aromatic rings. The van der Waals surface area contributed by atoms with E-state index in [2.05, 4.69) is 6.07 Å². The second-order valence-electron chi connectivity index (χ2n) is 3.87. The standard InChI is InChI=1S/C12H10ClNOS/c13-9-3-2-8-6-11-14(4-1-5-16-11)12(15)10(8)7-9/h2-3,6-7H,1,4-5H2. The molecule has 1 aliphatic rings. The van der Waals surface area contributed by atoms with Gasteiger partial charge in [0.05, 0.1) is 5.03 Å². The van der Waals surface area contributed by atoms with Crippen molar-refractivity contribution in [3.63, 3.8) is 0 Å². The molecule has 0 amide bonds. The summed E-state index contributed by atoms with van der Waals surface area (Å²) in [5.41, 5.74) is 0.0854. The van der Waals surface area contributed by atoms with Crippen LogP contribution in [-0.4, -0.2) is 10.3 Å². The minimum atomic E-state index is 0.0854. The van der Waals surface area contributed by atoms with E-state index in [9.17, 15) is 4.79 Å². The van der Waals surface area contributed by atoms with Crippen LogP contribution in [0.5, 0.6) is 0 Å². The maximum Gasteiger partial charge on any atom is 0.259 e. The zero-order valence-electron chi connectivity index (χ0n) is 8.57. The van der Waals surface area contributed by atoms with Gasteiger partial charge in [-0.3, -0.25) is 4.79 Å². The third kappa shape index (κ3) is 1.55. The van der Waals surface area contributed by atoms with E-state index in [4.69, 9.17) is 11.6 Å². The Hall–Kier alpha value is -0.930. The molecule has 0 atom stereocenters. The van der Waals surface area contributed by atoms with Crippen molar-refractivity contribution in [2.75, 3.05) is 5.75 Å². The van der Waals surface area contributed by atoms with Crippen LogP contribution in [0, 0.1) is 0 Å². The number of hydrogen-bond acceptors (Lipinski definition) is 2. The van der Waals surface area contributed by atoms with Crippen LogP contribution in [0.4, 0.5) is 0 Å². The van der Waals surface area contributed by atoms with Gasteiger partial charge in [-0.05, 0) is 30.0 Å². The molecule has 1 aromatic heterocycles. The molecule has 0 saturated heterocycles. The van der Waals surface area contributed by atoms with Crippen molar-refractivity contribution >= 4 is 34.1 Å². The molecule has 0 bridgehead atoms. The molecule has 0 spiro atoms. The fourth-order valence-electron chi connectivity index (χ4n) is 2.03. The molecule has 0 fully saturated rings. The highest BCUT2D eigenvalue weighted by atomic mass is 35.5. The van der Waals surface area contributed by atoms with Crippen molar-refractivity contribution in [2.45, 2.75) is 18.0 Å². The van der Waals surface area contributed by atoms with E-state index in [0.717, 1.165) is 34.5 Å². The summed E-state index contributed by atoms with van der Waals surface area (Å²) in [5.74, 6) is 1.10. The van der Waals surface area contributed by atoms with Crippen molar-refractivity contribution in [1.29, 1.82) is 0 Å². The van der Waals surface area contributed by atoms with E-state index in [0.29, 0.717) is 5.02 Å². The number of nitrogens with zero attached hydrogens (tertiary/aromatic N) is 1. The first-order chi connectivity index (χ1) is 7.75. The van der Waals surface area contributed by atoms with Crippen molar-refractivity contribution in [3.05, 3.63) is 39.6 Å². The first-order valence-corrected chi connectivity index (χ1v) is 6.58. The predicted octanol–water partition coefficient (Wildman–Crippen LogP) is 3.15. The number of aromatic nitrogens is 1. The molecule has 0 saturated carbocycles. The van der Waals surface area contributed by atoms with Crippen LogP contribution < -0.4 is 5.56 Å². The highest BCUT2D eigenvalue weighted by molar-refractivity contribution is 7.99. The summed E-state index contributed by atoms with van der Waals surface area (Å²) < 4.78 is 1.85. The fraction of sp³-hybridized carbons (Fsp3) is 0.250. The molecule has 0 N–H and O–H groups in total. The highest BCUT2D eigenvalue weighted by Gasteiger charge is 2.13. The third-order valence-corrected chi connectivity index (χ3v) is 4.17. The molecule has 2 nitrogen and oxygen atoms in total. The van der Waals surface area contributed by atoms with Gasteiger partial charge in [0.15, 0.2) is 0 Å². The quantitative estimate of drug-likeness (QED) is 0.718. The maximum absolute atomic E-state index is 12.2. The second kappa shape index (κ2) is 3.82. The summed E-state index contributed by atoms with van der Waals surface area (Å²) in [6, 6.07) is 7.58. The van der Waals surface area contributed by atoms with E-state index < -0.39 is 0 Å². The molecular weight excluding hydrogens is 242 g/mol. The lowest BCUT2D eigenvalue weighted by molar-refractivity contribution is 0.596. The van der Waals surface area contributed by atoms with Crippen LogP contribution in [-0.2, 0) is 6.54 Å². The van der Waals surface area contributed by atoms with Crippen molar-refractivity contribution in [2.24, 2.45) is 0 Å². The summed E-state index contributed by atoms with van der Waals surface area (Å²) in [6.45, 7) is 0.823. The van der Waals surface area contributed by atoms with E-state index in [-0.39, 0.29) is 5.56 Å². The van der Waals surface area contributed by atoms with Gasteiger partial charge in [-0.1, -0.05) is 17.7 Å². The van der Waals surface area contributed by atoms with Crippen LogP contribution in [0.25, 0.3) is 10.8 Å². The van der Waals surface area contributed by atoms with Gasteiger partial charge < -0.3 is 4.57 Å². The number of rotatable bonds is 0. The summed E-state index contributed by atoms with van der Waals surface area (Å²) in [7, 11) is 0. The number of benzene rings is 1. The average Bonchev–Trinajstić information content (AvgIpc) is 2.31. The van der Waals surface area contributed by atoms with Gasteiger partial charge in [0.25, 0.3) is 5.56 Å². The van der Waals surface area contributed by atoms with Gasteiger partial charge in [-0.15, -0.1) is 11.8 Å². The zero-order valence-corrected chi connectivity index (χ0v) is 10.1. The Morgan fingerprint density at radius 3 is 3.06 bits per heavy atom. The van der Waals surface area contributed by atoms with Crippen LogP contribution in [0.3, 0.4) is 0 Å². The summed E-state index contributed by atoms with van der Waals surface area (Å²) in [6.07, 6.45) is 1.06. The molecule has 1 aliphatic heterocycles. The minimum absolute atomic E-state index is 0.0854. The van der Waals surface area contributed by atoms with Crippen LogP contribution in [0.1, 0.15) is 6.42 Å². The minimum Gasteiger partial charge on any atom is -0.303 e. The Balaban J connectivity index is 2.40. The SMILES string of the molecule is O=c1c2cc(Cl)ccc2cc2n1CCCS2. The normalized spacial score (nSPS) is 15.1. The number of pyridine rings is 1. The van der Waals surface area contributed by atoms with E-state index in [1.165, 1.54) is 0 Å². The van der Waals surface area contributed by atoms with Crippen molar-refractivity contribution < 1.29 is 0 Å². The smallest absolute Gasteiger partial charge is 0.259 e. The molecule has 82 valence electrons. The molecule has 1 aromatic carbocycles. The third-order valence-electron chi connectivity index (χ3n) is 2.81. The number of fused-ring (bicyclic) bond motifs is 2. The van der Waals surface area contributed by atoms with Gasteiger partial charge in [0.1, 0.15) is 0 Å². The van der Waals surface area contributed by atoms with Crippen LogP contribution in [0.2, 0.25) is 5.02 Å². The summed E-state index contributed by atoms with van der Waals surface area (Å²) >= 11 is 7.67. The Labute approximate surface area is 102 Å². The molecule has 16 heavy (non-hydrogen) atoms. The molecule has 0 aliphatic carbocycles. The largest absolute Gasteiger partial charge is 0.303 e. The number of thioether (sulfide) groups is 1. The van der Waals surface area contributed by atoms with Crippen molar-refractivity contribution in [3.8, 4) is 0 Å². The molecular formula is C12H10ClNOS. The Morgan fingerprint density at radius 2 is 2.19 bits per heavy atom. The maximum atomic E-state index is 12.2. The molecule has 0 unspecified atom stereocenters. The van der Waals surface area contributed by atoms with Crippen LogP contribution >= 0.6 is 23.4 Å². The van der Waals surface area contributed by atoms with E-state index >= 15 is 0 Å². The first kappa shape index (κ1) is 10.2. The number of halogens is 1. The van der Waals surface area contributed by atoms with Gasteiger partial charge in [0.2, 0.25) is 0 Å². The second-order valence-corrected chi connectivity index (χ2v) is 5.42. The van der Waals surface area contributed by atoms with Gasteiger partial charge >= 0.3 is 0 Å². The summed E-state index contributed by atoms with van der Waals surface area (Å²) in [4.78, 5) is 12.2. The van der Waals surface area contributed by atoms with Gasteiger partial charge in [-0.2, -0.15) is 0 Å². The van der Waals surface area contributed by atoms with Crippen LogP contribution in [0.15, 0.2) is 34.1 Å². The molecule has 3 rings (SSSR count). The first-order valence-electron chi connectivity index (χ1n) is 5.21. The Bertz CT molecular complexity index is 620. The monoisotopic (exact) mass is 251 g/mol. The molecule has 2 heterocycles. The topological polar surface area (TPSA) is 22.0 Å². The predicted molar refractivity (Wildman–Crippen MR) is 68.6 cm³/mol. The summed E-state index contributed by atoms with van der Waals surface area (Å²) in [5, 5.41) is 3.40. The van der Waals surface area contributed by atoms with Gasteiger partial charge in [0, 0.05) is 22.7 Å². The lowest BCUT2D eigenvalue weighted by Crippen LogP contribution is -2.24. The molecule has 4 heteroatoms. The zero-order chi connectivity index (χ0) is 11.1. The van der Waals surface area contributed by atoms with E-state index in [1.54, 1.807) is 17.8 Å². The lowest BCUT2D eigenvalue weighted by atomic mass is 10.2. The van der Waals surface area contributed by atoms with Gasteiger partial charge in [-0.25, -0.2) is 0 Å². The average molecular weight is 252 g/mol. The highest BCUT2D eigenvalue weighted by Crippen LogP contribution is 2.26. The Morgan fingerprint density at radius 1 is 1.31 bits per heavy atom. The Kier molecular flexibility index (Phi) is 2.45. The number of hydrogen-bond donors (Lipinski definition) is 0.